The van der Waals surface area contributed by atoms with Crippen LogP contribution in [0.2, 0.25) is 0 Å². The standard InChI is InChI=1S/C20H28FN5OS.HI/c1-14-19(28-15(2)24-14)12-23-20(22-3)26-9-7-25(8-10-26)13-16-5-6-18(27-4)17(21)11-16;/h5-6,11H,7-10,12-13H2,1-4H3,(H,22,23);1H. The normalized spacial score (nSPS) is 15.2. The highest BCUT2D eigenvalue weighted by Crippen LogP contribution is 2.19. The van der Waals surface area contributed by atoms with Crippen molar-refractivity contribution in [3.05, 3.63) is 45.2 Å². The van der Waals surface area contributed by atoms with Crippen LogP contribution in [0.4, 0.5) is 4.39 Å². The van der Waals surface area contributed by atoms with Gasteiger partial charge in [0.2, 0.25) is 0 Å². The molecule has 0 atom stereocenters. The van der Waals surface area contributed by atoms with Gasteiger partial charge < -0.3 is 15.0 Å². The van der Waals surface area contributed by atoms with E-state index >= 15 is 0 Å². The molecule has 1 saturated heterocycles. The molecule has 1 aromatic heterocycles. The van der Waals surface area contributed by atoms with E-state index in [-0.39, 0.29) is 35.5 Å². The van der Waals surface area contributed by atoms with Crippen LogP contribution < -0.4 is 10.1 Å². The van der Waals surface area contributed by atoms with E-state index in [2.05, 4.69) is 25.1 Å². The molecule has 29 heavy (non-hydrogen) atoms. The van der Waals surface area contributed by atoms with Crippen molar-refractivity contribution >= 4 is 41.3 Å². The molecule has 1 fully saturated rings. The van der Waals surface area contributed by atoms with Crippen LogP contribution in [-0.4, -0.2) is 61.1 Å². The molecule has 0 radical (unpaired) electrons. The van der Waals surface area contributed by atoms with Crippen molar-refractivity contribution in [1.29, 1.82) is 0 Å². The molecule has 0 saturated carbocycles. The summed E-state index contributed by atoms with van der Waals surface area (Å²) in [6, 6.07) is 5.18. The van der Waals surface area contributed by atoms with Gasteiger partial charge in [-0.3, -0.25) is 9.89 Å². The molecule has 0 unspecified atom stereocenters. The number of hydrogen-bond donors (Lipinski definition) is 1. The summed E-state index contributed by atoms with van der Waals surface area (Å²) in [6.45, 7) is 9.15. The number of thiazole rings is 1. The maximum atomic E-state index is 13.9. The van der Waals surface area contributed by atoms with Gasteiger partial charge in [0.15, 0.2) is 17.5 Å². The second-order valence-electron chi connectivity index (χ2n) is 6.87. The molecule has 6 nitrogen and oxygen atoms in total. The number of halogens is 2. The topological polar surface area (TPSA) is 53.0 Å². The van der Waals surface area contributed by atoms with E-state index in [0.29, 0.717) is 0 Å². The number of nitrogens with one attached hydrogen (secondary N) is 1. The molecule has 160 valence electrons. The minimum Gasteiger partial charge on any atom is -0.494 e. The number of benzene rings is 1. The molecule has 0 aliphatic carbocycles. The average Bonchev–Trinajstić information content (AvgIpc) is 3.01. The summed E-state index contributed by atoms with van der Waals surface area (Å²) in [6.07, 6.45) is 0. The summed E-state index contributed by atoms with van der Waals surface area (Å²) in [4.78, 5) is 14.8. The Morgan fingerprint density at radius 2 is 2.00 bits per heavy atom. The SMILES string of the molecule is CN=C(NCc1sc(C)nc1C)N1CCN(Cc2ccc(OC)c(F)c2)CC1.I. The van der Waals surface area contributed by atoms with Crippen LogP contribution in [0, 0.1) is 19.7 Å². The van der Waals surface area contributed by atoms with Crippen molar-refractivity contribution < 1.29 is 9.13 Å². The third kappa shape index (κ3) is 6.26. The zero-order valence-corrected chi connectivity index (χ0v) is 20.5. The number of aryl methyl sites for hydroxylation is 2. The van der Waals surface area contributed by atoms with Gasteiger partial charge in [-0.1, -0.05) is 6.07 Å². The Morgan fingerprint density at radius 1 is 1.28 bits per heavy atom. The lowest BCUT2D eigenvalue weighted by atomic mass is 10.2. The van der Waals surface area contributed by atoms with E-state index in [0.717, 1.165) is 61.5 Å². The number of methoxy groups -OCH3 is 1. The van der Waals surface area contributed by atoms with Gasteiger partial charge in [0.25, 0.3) is 0 Å². The van der Waals surface area contributed by atoms with E-state index in [4.69, 9.17) is 4.74 Å². The van der Waals surface area contributed by atoms with Gasteiger partial charge in [-0.15, -0.1) is 35.3 Å². The Labute approximate surface area is 193 Å². The molecule has 2 aromatic rings. The van der Waals surface area contributed by atoms with Crippen LogP contribution in [0.3, 0.4) is 0 Å². The fraction of sp³-hybridized carbons (Fsp3) is 0.500. The van der Waals surface area contributed by atoms with Crippen molar-refractivity contribution in [3.63, 3.8) is 0 Å². The smallest absolute Gasteiger partial charge is 0.194 e. The average molecular weight is 533 g/mol. The Balaban J connectivity index is 0.00000300. The number of aromatic nitrogens is 1. The van der Waals surface area contributed by atoms with Crippen LogP contribution >= 0.6 is 35.3 Å². The summed E-state index contributed by atoms with van der Waals surface area (Å²) < 4.78 is 18.9. The minimum atomic E-state index is -0.308. The quantitative estimate of drug-likeness (QED) is 0.363. The van der Waals surface area contributed by atoms with Crippen LogP contribution in [0.15, 0.2) is 23.2 Å². The summed E-state index contributed by atoms with van der Waals surface area (Å²) >= 11 is 1.72. The van der Waals surface area contributed by atoms with E-state index in [1.807, 2.05) is 27.0 Å². The monoisotopic (exact) mass is 533 g/mol. The molecule has 9 heteroatoms. The lowest BCUT2D eigenvalue weighted by Crippen LogP contribution is -2.52. The van der Waals surface area contributed by atoms with E-state index in [1.165, 1.54) is 12.0 Å². The Morgan fingerprint density at radius 3 is 2.55 bits per heavy atom. The van der Waals surface area contributed by atoms with E-state index in [9.17, 15) is 4.39 Å². The van der Waals surface area contributed by atoms with Crippen LogP contribution in [-0.2, 0) is 13.1 Å². The molecule has 0 amide bonds. The fourth-order valence-electron chi connectivity index (χ4n) is 3.41. The third-order valence-electron chi connectivity index (χ3n) is 4.91. The molecule has 1 aliphatic heterocycles. The first-order valence-corrected chi connectivity index (χ1v) is 10.2. The number of nitrogens with zero attached hydrogens (tertiary/aromatic N) is 4. The predicted molar refractivity (Wildman–Crippen MR) is 127 cm³/mol. The van der Waals surface area contributed by atoms with Gasteiger partial charge >= 0.3 is 0 Å². The molecule has 1 aliphatic rings. The maximum absolute atomic E-state index is 13.9. The first-order chi connectivity index (χ1) is 13.5. The number of hydrogen-bond acceptors (Lipinski definition) is 5. The molecule has 0 spiro atoms. The maximum Gasteiger partial charge on any atom is 0.194 e. The van der Waals surface area contributed by atoms with Crippen LogP contribution in [0.25, 0.3) is 0 Å². The number of guanidine groups is 1. The molecule has 1 aromatic carbocycles. The van der Waals surface area contributed by atoms with E-state index in [1.54, 1.807) is 23.5 Å². The number of ether oxygens (including phenoxy) is 1. The second kappa shape index (κ2) is 11.1. The zero-order chi connectivity index (χ0) is 20.1. The van der Waals surface area contributed by atoms with Gasteiger partial charge in [-0.2, -0.15) is 0 Å². The van der Waals surface area contributed by atoms with Gasteiger partial charge in [0.05, 0.1) is 24.4 Å². The summed E-state index contributed by atoms with van der Waals surface area (Å²) in [5, 5.41) is 4.55. The first kappa shape index (κ1) is 23.8. The first-order valence-electron chi connectivity index (χ1n) is 9.43. The van der Waals surface area contributed by atoms with Crippen molar-refractivity contribution in [1.82, 2.24) is 20.1 Å². The van der Waals surface area contributed by atoms with Crippen molar-refractivity contribution in [2.75, 3.05) is 40.3 Å². The van der Waals surface area contributed by atoms with E-state index < -0.39 is 0 Å². The number of piperazine rings is 1. The fourth-order valence-corrected chi connectivity index (χ4v) is 4.29. The summed E-state index contributed by atoms with van der Waals surface area (Å²) in [7, 11) is 3.30. The van der Waals surface area contributed by atoms with Crippen molar-refractivity contribution in [2.45, 2.75) is 26.9 Å². The van der Waals surface area contributed by atoms with Crippen LogP contribution in [0.1, 0.15) is 21.1 Å². The van der Waals surface area contributed by atoms with Gasteiger partial charge in [-0.25, -0.2) is 9.37 Å². The Kier molecular flexibility index (Phi) is 9.09. The molecular formula is C20H29FIN5OS. The summed E-state index contributed by atoms with van der Waals surface area (Å²) in [5.74, 6) is 0.896. The predicted octanol–water partition coefficient (Wildman–Crippen LogP) is 3.42. The second-order valence-corrected chi connectivity index (χ2v) is 8.16. The van der Waals surface area contributed by atoms with Gasteiger partial charge in [-0.05, 0) is 31.5 Å². The highest BCUT2D eigenvalue weighted by Gasteiger charge is 2.20. The van der Waals surface area contributed by atoms with Gasteiger partial charge in [0, 0.05) is 44.6 Å². The lowest BCUT2D eigenvalue weighted by Gasteiger charge is -2.36. The molecule has 2 heterocycles. The van der Waals surface area contributed by atoms with Crippen LogP contribution in [0.5, 0.6) is 5.75 Å². The van der Waals surface area contributed by atoms with Crippen molar-refractivity contribution in [2.24, 2.45) is 4.99 Å². The molecule has 0 bridgehead atoms. The molecular weight excluding hydrogens is 504 g/mol. The van der Waals surface area contributed by atoms with Crippen molar-refractivity contribution in [3.8, 4) is 5.75 Å². The summed E-state index contributed by atoms with van der Waals surface area (Å²) in [5.41, 5.74) is 2.05. The Bertz CT molecular complexity index is 836. The largest absolute Gasteiger partial charge is 0.494 e. The minimum absolute atomic E-state index is 0. The Hall–Kier alpha value is -1.46. The highest BCUT2D eigenvalue weighted by molar-refractivity contribution is 14.0. The zero-order valence-electron chi connectivity index (χ0n) is 17.4. The highest BCUT2D eigenvalue weighted by atomic mass is 127. The molecule has 1 N–H and O–H groups in total. The lowest BCUT2D eigenvalue weighted by molar-refractivity contribution is 0.172. The number of rotatable bonds is 5. The third-order valence-corrected chi connectivity index (χ3v) is 5.99. The van der Waals surface area contributed by atoms with Gasteiger partial charge in [0.1, 0.15) is 0 Å². The number of aliphatic imine (C=N–C) groups is 1. The molecule has 3 rings (SSSR count).